The van der Waals surface area contributed by atoms with E-state index in [0.29, 0.717) is 25.0 Å². The number of sulfonamides is 1. The molecular formula is C13H23N3O2S. The fraction of sp³-hybridized carbons (Fsp3) is 0.692. The number of hydrogen-bond donors (Lipinski definition) is 1. The Morgan fingerprint density at radius 3 is 2.74 bits per heavy atom. The van der Waals surface area contributed by atoms with Crippen molar-refractivity contribution in [3.63, 3.8) is 0 Å². The van der Waals surface area contributed by atoms with Gasteiger partial charge in [0.05, 0.1) is 6.26 Å². The minimum Gasteiger partial charge on any atom is -0.353 e. The van der Waals surface area contributed by atoms with Gasteiger partial charge in [-0.1, -0.05) is 6.92 Å². The van der Waals surface area contributed by atoms with Crippen LogP contribution in [0, 0.1) is 5.92 Å². The van der Waals surface area contributed by atoms with Crippen LogP contribution in [-0.4, -0.2) is 42.7 Å². The maximum absolute atomic E-state index is 11.5. The third-order valence-corrected chi connectivity index (χ3v) is 5.20. The normalized spacial score (nSPS) is 25.6. The smallest absolute Gasteiger partial charge is 0.211 e. The molecule has 1 aromatic rings. The second kappa shape index (κ2) is 5.64. The molecule has 0 aliphatic carbocycles. The summed E-state index contributed by atoms with van der Waals surface area (Å²) >= 11 is 0. The van der Waals surface area contributed by atoms with Crippen molar-refractivity contribution in [2.24, 2.45) is 13.0 Å². The average Bonchev–Trinajstić information content (AvgIpc) is 2.72. The van der Waals surface area contributed by atoms with Crippen molar-refractivity contribution in [3.8, 4) is 0 Å². The first-order valence-corrected chi connectivity index (χ1v) is 8.51. The number of rotatable bonds is 4. The average molecular weight is 285 g/mol. The van der Waals surface area contributed by atoms with Crippen molar-refractivity contribution in [1.82, 2.24) is 14.2 Å². The summed E-state index contributed by atoms with van der Waals surface area (Å²) in [4.78, 5) is 0. The predicted octanol–water partition coefficient (Wildman–Crippen LogP) is 0.785. The van der Waals surface area contributed by atoms with Crippen molar-refractivity contribution in [1.29, 1.82) is 0 Å². The Labute approximate surface area is 115 Å². The van der Waals surface area contributed by atoms with E-state index in [1.165, 1.54) is 11.9 Å². The van der Waals surface area contributed by atoms with E-state index in [-0.39, 0.29) is 0 Å². The van der Waals surface area contributed by atoms with Gasteiger partial charge in [-0.25, -0.2) is 12.7 Å². The minimum absolute atomic E-state index is 0.337. The van der Waals surface area contributed by atoms with Gasteiger partial charge in [-0.05, 0) is 24.5 Å². The highest BCUT2D eigenvalue weighted by atomic mass is 32.2. The Morgan fingerprint density at radius 1 is 1.47 bits per heavy atom. The van der Waals surface area contributed by atoms with Gasteiger partial charge in [0.2, 0.25) is 10.0 Å². The van der Waals surface area contributed by atoms with Crippen LogP contribution in [0.1, 0.15) is 19.0 Å². The zero-order chi connectivity index (χ0) is 14.0. The van der Waals surface area contributed by atoms with E-state index < -0.39 is 10.0 Å². The molecule has 1 aliphatic rings. The van der Waals surface area contributed by atoms with Gasteiger partial charge in [0.1, 0.15) is 0 Å². The molecule has 1 fully saturated rings. The largest absolute Gasteiger partial charge is 0.353 e. The van der Waals surface area contributed by atoms with Crippen molar-refractivity contribution >= 4 is 10.0 Å². The molecule has 0 bridgehead atoms. The van der Waals surface area contributed by atoms with Crippen LogP contribution in [0.4, 0.5) is 0 Å². The minimum atomic E-state index is -3.05. The standard InChI is InChI=1S/C13H23N3O2S/c1-11-10-16(19(3,17)18)8-6-13(11)14-9-12-5-4-7-15(12)2/h4-5,7,11,13-14H,6,8-10H2,1-3H3/t11-,13+/m1/s1. The molecule has 0 saturated carbocycles. The van der Waals surface area contributed by atoms with Crippen molar-refractivity contribution < 1.29 is 8.42 Å². The van der Waals surface area contributed by atoms with Crippen LogP contribution in [0.2, 0.25) is 0 Å². The van der Waals surface area contributed by atoms with Crippen LogP contribution >= 0.6 is 0 Å². The van der Waals surface area contributed by atoms with E-state index in [1.807, 2.05) is 19.3 Å². The summed E-state index contributed by atoms with van der Waals surface area (Å²) in [6.07, 6.45) is 4.20. The second-order valence-electron chi connectivity index (χ2n) is 5.48. The number of piperidine rings is 1. The van der Waals surface area contributed by atoms with Crippen LogP contribution in [0.25, 0.3) is 0 Å². The van der Waals surface area contributed by atoms with E-state index >= 15 is 0 Å². The lowest BCUT2D eigenvalue weighted by Crippen LogP contribution is -2.49. The SMILES string of the molecule is C[C@@H]1CN(S(C)(=O)=O)CC[C@@H]1NCc1cccn1C. The second-order valence-corrected chi connectivity index (χ2v) is 7.47. The van der Waals surface area contributed by atoms with Crippen LogP contribution in [-0.2, 0) is 23.6 Å². The summed E-state index contributed by atoms with van der Waals surface area (Å²) < 4.78 is 26.7. The first-order chi connectivity index (χ1) is 8.88. The lowest BCUT2D eigenvalue weighted by atomic mass is 9.95. The van der Waals surface area contributed by atoms with Crippen molar-refractivity contribution in [2.75, 3.05) is 19.3 Å². The summed E-state index contributed by atoms with van der Waals surface area (Å²) in [7, 11) is -1.01. The predicted molar refractivity (Wildman–Crippen MR) is 76.2 cm³/mol. The van der Waals surface area contributed by atoms with Gasteiger partial charge in [0.25, 0.3) is 0 Å². The van der Waals surface area contributed by atoms with Gasteiger partial charge >= 0.3 is 0 Å². The molecule has 2 rings (SSSR count). The fourth-order valence-electron chi connectivity index (χ4n) is 2.63. The number of hydrogen-bond acceptors (Lipinski definition) is 3. The van der Waals surface area contributed by atoms with Gasteiger partial charge in [-0.2, -0.15) is 0 Å². The molecule has 0 amide bonds. The first kappa shape index (κ1) is 14.6. The number of nitrogens with zero attached hydrogens (tertiary/aromatic N) is 2. The maximum Gasteiger partial charge on any atom is 0.211 e. The third kappa shape index (κ3) is 3.58. The quantitative estimate of drug-likeness (QED) is 0.889. The number of aromatic nitrogens is 1. The number of aryl methyl sites for hydroxylation is 1. The van der Waals surface area contributed by atoms with E-state index in [0.717, 1.165) is 13.0 Å². The Morgan fingerprint density at radius 2 is 2.21 bits per heavy atom. The summed E-state index contributed by atoms with van der Waals surface area (Å²) in [5, 5.41) is 3.54. The summed E-state index contributed by atoms with van der Waals surface area (Å²) in [5.41, 5.74) is 1.25. The van der Waals surface area contributed by atoms with Gasteiger partial charge in [0, 0.05) is 44.6 Å². The molecule has 5 nitrogen and oxygen atoms in total. The molecule has 0 spiro atoms. The van der Waals surface area contributed by atoms with E-state index in [1.54, 1.807) is 4.31 Å². The molecule has 19 heavy (non-hydrogen) atoms. The Bertz CT molecular complexity index is 524. The van der Waals surface area contributed by atoms with Crippen LogP contribution in [0.15, 0.2) is 18.3 Å². The Balaban J connectivity index is 1.89. The molecule has 1 N–H and O–H groups in total. The highest BCUT2D eigenvalue weighted by Crippen LogP contribution is 2.19. The molecule has 0 unspecified atom stereocenters. The molecule has 1 saturated heterocycles. The Kier molecular flexibility index (Phi) is 4.32. The first-order valence-electron chi connectivity index (χ1n) is 6.66. The third-order valence-electron chi connectivity index (χ3n) is 3.93. The molecule has 0 aromatic carbocycles. The topological polar surface area (TPSA) is 54.3 Å². The molecular weight excluding hydrogens is 262 g/mol. The van der Waals surface area contributed by atoms with Gasteiger partial charge < -0.3 is 9.88 Å². The molecule has 1 aromatic heterocycles. The summed E-state index contributed by atoms with van der Waals surface area (Å²) in [6, 6.07) is 4.52. The zero-order valence-electron chi connectivity index (χ0n) is 11.8. The van der Waals surface area contributed by atoms with Crippen LogP contribution in [0.5, 0.6) is 0 Å². The van der Waals surface area contributed by atoms with Crippen molar-refractivity contribution in [3.05, 3.63) is 24.0 Å². The van der Waals surface area contributed by atoms with Crippen molar-refractivity contribution in [2.45, 2.75) is 25.9 Å². The Hall–Kier alpha value is -0.850. The molecule has 6 heteroatoms. The molecule has 1 aliphatic heterocycles. The maximum atomic E-state index is 11.5. The van der Waals surface area contributed by atoms with Gasteiger partial charge in [-0.3, -0.25) is 0 Å². The summed E-state index contributed by atoms with van der Waals surface area (Å²) in [6.45, 7) is 4.18. The van der Waals surface area contributed by atoms with E-state index in [2.05, 4.69) is 22.9 Å². The van der Waals surface area contributed by atoms with Gasteiger partial charge in [0.15, 0.2) is 0 Å². The van der Waals surface area contributed by atoms with Gasteiger partial charge in [-0.15, -0.1) is 0 Å². The molecule has 0 radical (unpaired) electrons. The van der Waals surface area contributed by atoms with Crippen LogP contribution in [0.3, 0.4) is 0 Å². The fourth-order valence-corrected chi connectivity index (χ4v) is 3.57. The van der Waals surface area contributed by atoms with E-state index in [9.17, 15) is 8.42 Å². The van der Waals surface area contributed by atoms with E-state index in [4.69, 9.17) is 0 Å². The summed E-state index contributed by atoms with van der Waals surface area (Å²) in [5.74, 6) is 0.337. The highest BCUT2D eigenvalue weighted by molar-refractivity contribution is 7.88. The molecule has 2 atom stereocenters. The van der Waals surface area contributed by atoms with Crippen LogP contribution < -0.4 is 5.32 Å². The lowest BCUT2D eigenvalue weighted by molar-refractivity contribution is 0.219. The molecule has 108 valence electrons. The highest BCUT2D eigenvalue weighted by Gasteiger charge is 2.30. The zero-order valence-corrected chi connectivity index (χ0v) is 12.7. The molecule has 2 heterocycles. The monoisotopic (exact) mass is 285 g/mol. The lowest BCUT2D eigenvalue weighted by Gasteiger charge is -2.36. The number of nitrogens with one attached hydrogen (secondary N) is 1.